The average Bonchev–Trinajstić information content (AvgIpc) is 1.01. The van der Waals surface area contributed by atoms with Gasteiger partial charge in [-0.05, 0) is 141 Å². The van der Waals surface area contributed by atoms with E-state index in [2.05, 4.69) is 125 Å². The third-order valence-corrected chi connectivity index (χ3v) is 17.8. The Bertz CT molecular complexity index is 2370. The third kappa shape index (κ3) is 71.8. The Hall–Kier alpha value is -4.54. The van der Waals surface area contributed by atoms with Crippen molar-refractivity contribution in [2.75, 3.05) is 39.6 Å². The lowest BCUT2D eigenvalue weighted by Gasteiger charge is -2.21. The van der Waals surface area contributed by atoms with Crippen LogP contribution in [-0.4, -0.2) is 96.7 Å². The molecule has 0 saturated carbocycles. The number of aliphatic hydroxyl groups is 1. The molecular formula is C81H138O17P2. The number of unbranched alkanes of at least 4 members (excludes halogenated alkanes) is 27. The molecule has 0 aromatic carbocycles. The largest absolute Gasteiger partial charge is 0.472 e. The van der Waals surface area contributed by atoms with Crippen LogP contribution < -0.4 is 0 Å². The van der Waals surface area contributed by atoms with Crippen LogP contribution in [0.1, 0.15) is 310 Å². The molecule has 0 radical (unpaired) electrons. The number of esters is 4. The molecule has 0 saturated heterocycles. The number of carbonyl (C=O) groups is 4. The van der Waals surface area contributed by atoms with Crippen molar-refractivity contribution in [1.29, 1.82) is 0 Å². The van der Waals surface area contributed by atoms with Gasteiger partial charge in [-0.2, -0.15) is 0 Å². The Labute approximate surface area is 606 Å². The van der Waals surface area contributed by atoms with Gasteiger partial charge in [0.2, 0.25) is 0 Å². The first-order valence-electron chi connectivity index (χ1n) is 38.8. The van der Waals surface area contributed by atoms with Crippen LogP contribution in [0.2, 0.25) is 0 Å². The fourth-order valence-electron chi connectivity index (χ4n) is 9.99. The van der Waals surface area contributed by atoms with Gasteiger partial charge in [-0.15, -0.1) is 0 Å². The fraction of sp³-hybridized carbons (Fsp3) is 0.704. The van der Waals surface area contributed by atoms with E-state index in [0.29, 0.717) is 25.7 Å². The molecule has 5 atom stereocenters. The van der Waals surface area contributed by atoms with E-state index in [1.807, 2.05) is 18.2 Å². The summed E-state index contributed by atoms with van der Waals surface area (Å²) >= 11 is 0. The lowest BCUT2D eigenvalue weighted by molar-refractivity contribution is -0.161. The maximum atomic E-state index is 13.1. The number of allylic oxidation sites excluding steroid dienone is 19. The van der Waals surface area contributed by atoms with Gasteiger partial charge in [-0.1, -0.05) is 265 Å². The highest BCUT2D eigenvalue weighted by Crippen LogP contribution is 2.45. The highest BCUT2D eigenvalue weighted by atomic mass is 31.2. The van der Waals surface area contributed by atoms with Crippen LogP contribution in [-0.2, 0) is 65.4 Å². The van der Waals surface area contributed by atoms with Crippen LogP contribution >= 0.6 is 15.6 Å². The van der Waals surface area contributed by atoms with Gasteiger partial charge in [0.1, 0.15) is 19.3 Å². The van der Waals surface area contributed by atoms with Crippen molar-refractivity contribution < 1.29 is 80.2 Å². The molecule has 100 heavy (non-hydrogen) atoms. The summed E-state index contributed by atoms with van der Waals surface area (Å²) in [6, 6.07) is 0. The van der Waals surface area contributed by atoms with Crippen LogP contribution in [0.3, 0.4) is 0 Å². The molecule has 0 fully saturated rings. The Morgan fingerprint density at radius 3 is 0.920 bits per heavy atom. The molecular weight excluding hydrogens is 1310 g/mol. The zero-order valence-corrected chi connectivity index (χ0v) is 64.4. The van der Waals surface area contributed by atoms with Crippen LogP contribution in [0, 0.1) is 0 Å². The Kier molecular flexibility index (Phi) is 69.5. The minimum absolute atomic E-state index is 0.0570. The Morgan fingerprint density at radius 1 is 0.300 bits per heavy atom. The van der Waals surface area contributed by atoms with E-state index >= 15 is 0 Å². The number of rotatable bonds is 72. The van der Waals surface area contributed by atoms with Gasteiger partial charge in [0.05, 0.1) is 32.8 Å². The summed E-state index contributed by atoms with van der Waals surface area (Å²) in [5, 5.41) is 10.6. The zero-order valence-electron chi connectivity index (χ0n) is 62.6. The van der Waals surface area contributed by atoms with E-state index in [0.717, 1.165) is 154 Å². The van der Waals surface area contributed by atoms with Crippen molar-refractivity contribution >= 4 is 39.5 Å². The maximum absolute atomic E-state index is 13.1. The predicted octanol–water partition coefficient (Wildman–Crippen LogP) is 22.3. The molecule has 574 valence electrons. The van der Waals surface area contributed by atoms with Crippen LogP contribution in [0.5, 0.6) is 0 Å². The van der Waals surface area contributed by atoms with Crippen molar-refractivity contribution in [3.63, 3.8) is 0 Å². The van der Waals surface area contributed by atoms with Crippen molar-refractivity contribution in [3.8, 4) is 0 Å². The molecule has 0 amide bonds. The highest BCUT2D eigenvalue weighted by molar-refractivity contribution is 7.47. The van der Waals surface area contributed by atoms with Gasteiger partial charge in [0.15, 0.2) is 12.2 Å². The molecule has 0 bridgehead atoms. The summed E-state index contributed by atoms with van der Waals surface area (Å²) in [5.74, 6) is -2.36. The predicted molar refractivity (Wildman–Crippen MR) is 408 cm³/mol. The summed E-state index contributed by atoms with van der Waals surface area (Å²) in [7, 11) is -9.99. The van der Waals surface area contributed by atoms with Crippen molar-refractivity contribution in [2.45, 2.75) is 329 Å². The van der Waals surface area contributed by atoms with Gasteiger partial charge in [0.25, 0.3) is 0 Å². The Balaban J connectivity index is 5.45. The SMILES string of the molecule is CC/C=C\C/C=C\C/C=C\C/C=C\C/C=C\CC(=O)OCC(COP(=O)(O)OCC(O)COP(=O)(O)OCC(COC(=O)CCCCCCC/C=C\C/C=C\CCCCC)OC(=O)CCCCCCC/C=C\CCCCCCCC)OC(=O)CCCCCCC/C=C\C/C=C\CCCCC. The summed E-state index contributed by atoms with van der Waals surface area (Å²) < 4.78 is 68.4. The molecule has 0 heterocycles. The van der Waals surface area contributed by atoms with Crippen LogP contribution in [0.15, 0.2) is 122 Å². The summed E-state index contributed by atoms with van der Waals surface area (Å²) in [5.41, 5.74) is 0. The number of hydrogen-bond acceptors (Lipinski definition) is 15. The quantitative estimate of drug-likeness (QED) is 0.0169. The number of carbonyl (C=O) groups excluding carboxylic acids is 4. The number of ether oxygens (including phenoxy) is 4. The summed E-state index contributed by atoms with van der Waals surface area (Å²) in [6.07, 6.45) is 79.2. The first-order valence-corrected chi connectivity index (χ1v) is 41.8. The molecule has 0 spiro atoms. The van der Waals surface area contributed by atoms with Crippen LogP contribution in [0.25, 0.3) is 0 Å². The summed E-state index contributed by atoms with van der Waals surface area (Å²) in [4.78, 5) is 72.8. The van der Waals surface area contributed by atoms with Crippen molar-refractivity contribution in [3.05, 3.63) is 122 Å². The minimum atomic E-state index is -5.00. The van der Waals surface area contributed by atoms with E-state index in [4.69, 9.17) is 37.0 Å². The van der Waals surface area contributed by atoms with Crippen LogP contribution in [0.4, 0.5) is 0 Å². The Morgan fingerprint density at radius 2 is 0.560 bits per heavy atom. The molecule has 3 N–H and O–H groups in total. The normalized spacial score (nSPS) is 14.6. The van der Waals surface area contributed by atoms with Crippen molar-refractivity contribution in [1.82, 2.24) is 0 Å². The van der Waals surface area contributed by atoms with Gasteiger partial charge in [-0.25, -0.2) is 9.13 Å². The monoisotopic (exact) mass is 1440 g/mol. The van der Waals surface area contributed by atoms with Gasteiger partial charge in [0, 0.05) is 19.3 Å². The number of phosphoric acid groups is 2. The average molecular weight is 1450 g/mol. The highest BCUT2D eigenvalue weighted by Gasteiger charge is 2.30. The zero-order chi connectivity index (χ0) is 73.2. The topological polar surface area (TPSA) is 237 Å². The van der Waals surface area contributed by atoms with E-state index in [9.17, 15) is 43.2 Å². The second-order valence-corrected chi connectivity index (χ2v) is 28.5. The van der Waals surface area contributed by atoms with E-state index < -0.39 is 97.5 Å². The standard InChI is InChI=1S/C81H138O17P2/c1-5-9-13-17-21-25-29-33-37-41-45-49-53-57-61-65-78(83)91-71-76(97-80(85)67-63-59-55-51-47-43-39-35-31-27-23-19-15-11-7-3)73-95-99(87,88)93-69-75(82)70-94-100(89,90)96-74-77(98-81(86)68-64-60-56-52-48-44-40-36-32-28-24-20-16-12-8-4)72-92-79(84)66-62-58-54-50-46-42-38-34-30-26-22-18-14-10-6-2/h9,13,21-23,25-27,33-40,45,49,57,61,75-77,82H,5-8,10-12,14-20,24,28-32,41-44,46-48,50-56,58-60,62-74H2,1-4H3,(H,87,88)(H,89,90)/b13-9-,25-21-,26-22-,27-23-,37-33-,38-34-,39-35-,40-36-,49-45-,61-57-. The van der Waals surface area contributed by atoms with Gasteiger partial charge in [-0.3, -0.25) is 37.3 Å². The van der Waals surface area contributed by atoms with Gasteiger partial charge >= 0.3 is 39.5 Å². The second kappa shape index (κ2) is 72.8. The first-order chi connectivity index (χ1) is 48.7. The second-order valence-electron chi connectivity index (χ2n) is 25.6. The molecule has 5 unspecified atom stereocenters. The molecule has 19 heteroatoms. The minimum Gasteiger partial charge on any atom is -0.462 e. The fourth-order valence-corrected chi connectivity index (χ4v) is 11.6. The molecule has 0 aromatic heterocycles. The van der Waals surface area contributed by atoms with E-state index in [-0.39, 0.29) is 25.7 Å². The number of phosphoric ester groups is 2. The summed E-state index contributed by atoms with van der Waals surface area (Å²) in [6.45, 7) is 4.55. The smallest absolute Gasteiger partial charge is 0.462 e. The maximum Gasteiger partial charge on any atom is 0.472 e. The van der Waals surface area contributed by atoms with Crippen molar-refractivity contribution in [2.24, 2.45) is 0 Å². The van der Waals surface area contributed by atoms with E-state index in [1.54, 1.807) is 6.08 Å². The molecule has 0 aromatic rings. The molecule has 17 nitrogen and oxygen atoms in total. The lowest BCUT2D eigenvalue weighted by Crippen LogP contribution is -2.30. The molecule has 0 aliphatic rings. The van der Waals surface area contributed by atoms with E-state index in [1.165, 1.54) is 77.0 Å². The molecule has 0 rings (SSSR count). The number of aliphatic hydroxyl groups excluding tert-OH is 1. The molecule has 0 aliphatic carbocycles. The number of hydrogen-bond donors (Lipinski definition) is 3. The van der Waals surface area contributed by atoms with Gasteiger partial charge < -0.3 is 33.8 Å². The third-order valence-electron chi connectivity index (χ3n) is 15.9. The lowest BCUT2D eigenvalue weighted by atomic mass is 10.1. The first kappa shape index (κ1) is 95.5. The molecule has 0 aliphatic heterocycles.